The number of rotatable bonds is 18. The lowest BCUT2D eigenvalue weighted by Gasteiger charge is -2.30. The molecule has 0 aliphatic carbocycles. The van der Waals surface area contributed by atoms with E-state index in [1.165, 1.54) is 4.90 Å². The number of esters is 1. The van der Waals surface area contributed by atoms with Crippen LogP contribution in [0.1, 0.15) is 107 Å². The van der Waals surface area contributed by atoms with Gasteiger partial charge in [-0.05, 0) is 36.5 Å². The zero-order valence-corrected chi connectivity index (χ0v) is 27.3. The number of nitrogens with two attached hydrogens (primary N) is 1. The molecule has 0 spiro atoms. The molecule has 0 aromatic heterocycles. The van der Waals surface area contributed by atoms with Gasteiger partial charge in [0.1, 0.15) is 6.04 Å². The first-order valence-corrected chi connectivity index (χ1v) is 15.5. The Bertz CT molecular complexity index is 1030. The maximum atomic E-state index is 13.5. The summed E-state index contributed by atoms with van der Waals surface area (Å²) in [5.74, 6) is -5.24. The van der Waals surface area contributed by atoms with Gasteiger partial charge < -0.3 is 20.7 Å². The van der Waals surface area contributed by atoms with Crippen molar-refractivity contribution in [2.75, 3.05) is 13.2 Å². The zero-order chi connectivity index (χ0) is 33.1. The van der Waals surface area contributed by atoms with Crippen LogP contribution in [0.4, 0.5) is 0 Å². The summed E-state index contributed by atoms with van der Waals surface area (Å²) in [6.45, 7) is 15.3. The number of likely N-dealkylation sites (tertiary alicyclic amines) is 1. The Kier molecular flexibility index (Phi) is 15.2. The van der Waals surface area contributed by atoms with Crippen molar-refractivity contribution in [1.82, 2.24) is 10.2 Å². The molecule has 0 aromatic rings. The van der Waals surface area contributed by atoms with Gasteiger partial charge in [0.2, 0.25) is 23.5 Å². The van der Waals surface area contributed by atoms with Crippen LogP contribution >= 0.6 is 0 Å². The van der Waals surface area contributed by atoms with Gasteiger partial charge in [0.25, 0.3) is 0 Å². The van der Waals surface area contributed by atoms with Crippen molar-refractivity contribution in [2.24, 2.45) is 34.8 Å². The van der Waals surface area contributed by atoms with Crippen LogP contribution in [0.15, 0.2) is 0 Å². The summed E-state index contributed by atoms with van der Waals surface area (Å²) in [7, 11) is 0. The van der Waals surface area contributed by atoms with E-state index in [1.54, 1.807) is 20.8 Å². The molecule has 1 heterocycles. The number of nitrogens with zero attached hydrogens (tertiary/aromatic N) is 1. The van der Waals surface area contributed by atoms with Crippen LogP contribution in [0.3, 0.4) is 0 Å². The molecule has 1 fully saturated rings. The molecule has 1 rings (SSSR count). The van der Waals surface area contributed by atoms with Gasteiger partial charge in [-0.15, -0.1) is 0 Å². The molecule has 0 bridgehead atoms. The number of primary amides is 1. The average molecular weight is 608 g/mol. The van der Waals surface area contributed by atoms with Crippen molar-refractivity contribution in [3.8, 4) is 0 Å². The Labute approximate surface area is 256 Å². The first-order chi connectivity index (χ1) is 19.9. The lowest BCUT2D eigenvalue weighted by atomic mass is 9.86. The highest BCUT2D eigenvalue weighted by Crippen LogP contribution is 2.28. The fourth-order valence-corrected chi connectivity index (χ4v) is 5.26. The van der Waals surface area contributed by atoms with Gasteiger partial charge in [-0.3, -0.25) is 33.6 Å². The largest absolute Gasteiger partial charge is 0.465 e. The number of carbonyl (C=O) groups excluding carboxylic acids is 7. The fourth-order valence-electron chi connectivity index (χ4n) is 5.26. The first kappa shape index (κ1) is 37.9. The molecule has 3 N–H and O–H groups in total. The SMILES string of the molecule is CCCC(CC(=O)[C@@H]1CCCN1C(=O)C(CC(=O)OCC(C)C)C(C)C)C(=O)C(=O)CCC(=O)NC(C(N)=O)C(C)(C)C. The van der Waals surface area contributed by atoms with E-state index >= 15 is 0 Å². The van der Waals surface area contributed by atoms with Crippen LogP contribution < -0.4 is 11.1 Å². The van der Waals surface area contributed by atoms with E-state index in [9.17, 15) is 33.6 Å². The minimum Gasteiger partial charge on any atom is -0.465 e. The van der Waals surface area contributed by atoms with Gasteiger partial charge in [-0.25, -0.2) is 0 Å². The second kappa shape index (κ2) is 17.3. The highest BCUT2D eigenvalue weighted by Gasteiger charge is 2.40. The molecule has 4 atom stereocenters. The normalized spacial score (nSPS) is 17.3. The van der Waals surface area contributed by atoms with Crippen molar-refractivity contribution in [1.29, 1.82) is 0 Å². The predicted molar refractivity (Wildman–Crippen MR) is 161 cm³/mol. The van der Waals surface area contributed by atoms with E-state index in [4.69, 9.17) is 10.5 Å². The summed E-state index contributed by atoms with van der Waals surface area (Å²) < 4.78 is 5.29. The number of ether oxygens (including phenoxy) is 1. The van der Waals surface area contributed by atoms with E-state index in [0.717, 1.165) is 0 Å². The summed E-state index contributed by atoms with van der Waals surface area (Å²) in [5.41, 5.74) is 4.77. The van der Waals surface area contributed by atoms with Crippen molar-refractivity contribution in [3.63, 3.8) is 0 Å². The quantitative estimate of drug-likeness (QED) is 0.177. The van der Waals surface area contributed by atoms with Crippen molar-refractivity contribution >= 4 is 41.0 Å². The van der Waals surface area contributed by atoms with Gasteiger partial charge in [0, 0.05) is 31.7 Å². The number of ketones is 3. The molecular weight excluding hydrogens is 554 g/mol. The van der Waals surface area contributed by atoms with Crippen LogP contribution in [0, 0.1) is 29.1 Å². The van der Waals surface area contributed by atoms with Crippen LogP contribution in [0.25, 0.3) is 0 Å². The number of amides is 3. The molecule has 43 heavy (non-hydrogen) atoms. The molecule has 11 heteroatoms. The molecule has 244 valence electrons. The zero-order valence-electron chi connectivity index (χ0n) is 27.3. The molecule has 0 aromatic carbocycles. The monoisotopic (exact) mass is 607 g/mol. The number of nitrogens with one attached hydrogen (secondary N) is 1. The molecular formula is C32H53N3O8. The molecule has 0 radical (unpaired) electrons. The summed E-state index contributed by atoms with van der Waals surface area (Å²) in [6, 6.07) is -1.66. The molecule has 1 saturated heterocycles. The van der Waals surface area contributed by atoms with E-state index in [1.807, 2.05) is 34.6 Å². The molecule has 1 aliphatic rings. The molecule has 0 saturated carbocycles. The second-order valence-corrected chi connectivity index (χ2v) is 13.5. The summed E-state index contributed by atoms with van der Waals surface area (Å²) in [6.07, 6.45) is 1.03. The highest BCUT2D eigenvalue weighted by atomic mass is 16.5. The average Bonchev–Trinajstić information content (AvgIpc) is 3.40. The molecule has 11 nitrogen and oxygen atoms in total. The van der Waals surface area contributed by atoms with E-state index in [2.05, 4.69) is 5.32 Å². The summed E-state index contributed by atoms with van der Waals surface area (Å²) in [4.78, 5) is 90.9. The predicted octanol–water partition coefficient (Wildman–Crippen LogP) is 3.15. The summed E-state index contributed by atoms with van der Waals surface area (Å²) >= 11 is 0. The smallest absolute Gasteiger partial charge is 0.306 e. The summed E-state index contributed by atoms with van der Waals surface area (Å²) in [5, 5.41) is 2.53. The third-order valence-electron chi connectivity index (χ3n) is 7.76. The second-order valence-electron chi connectivity index (χ2n) is 13.5. The standard InChI is InChI=1S/C32H53N3O8/c1-9-11-21(28(40)24(36)13-14-26(38)34-29(30(33)41)32(6,7)8)16-25(37)23-12-10-15-35(23)31(42)22(20(4)5)17-27(39)43-18-19(2)3/h19-23,29H,9-18H2,1-8H3,(H2,33,41)(H,34,38)/t21?,22?,23-,29?/m0/s1. The number of hydrogen-bond donors (Lipinski definition) is 2. The van der Waals surface area contributed by atoms with Gasteiger partial charge >= 0.3 is 5.97 Å². The van der Waals surface area contributed by atoms with Gasteiger partial charge in [0.15, 0.2) is 11.6 Å². The topological polar surface area (TPSA) is 170 Å². The van der Waals surface area contributed by atoms with E-state index in [0.29, 0.717) is 32.2 Å². The van der Waals surface area contributed by atoms with Crippen molar-refractivity contribution in [3.05, 3.63) is 0 Å². The number of hydrogen-bond acceptors (Lipinski definition) is 8. The van der Waals surface area contributed by atoms with Crippen molar-refractivity contribution in [2.45, 2.75) is 119 Å². The third kappa shape index (κ3) is 12.2. The Balaban J connectivity index is 2.89. The van der Waals surface area contributed by atoms with Crippen LogP contribution in [0.5, 0.6) is 0 Å². The Morgan fingerprint density at radius 1 is 0.977 bits per heavy atom. The maximum Gasteiger partial charge on any atom is 0.306 e. The molecule has 1 aliphatic heterocycles. The van der Waals surface area contributed by atoms with Crippen molar-refractivity contribution < 1.29 is 38.3 Å². The van der Waals surface area contributed by atoms with Gasteiger partial charge in [-0.2, -0.15) is 0 Å². The molecule has 3 unspecified atom stereocenters. The lowest BCUT2D eigenvalue weighted by molar-refractivity contribution is -0.152. The minimum absolute atomic E-state index is 0.0738. The number of carbonyl (C=O) groups is 7. The Morgan fingerprint density at radius 3 is 2.12 bits per heavy atom. The Morgan fingerprint density at radius 2 is 1.60 bits per heavy atom. The Hall–Kier alpha value is -3.11. The number of Topliss-reactive ketones (excluding diaryl/α,β-unsaturated/α-hetero) is 3. The lowest BCUT2D eigenvalue weighted by Crippen LogP contribution is -2.52. The molecule has 3 amide bonds. The maximum absolute atomic E-state index is 13.5. The van der Waals surface area contributed by atoms with Crippen LogP contribution in [0.2, 0.25) is 0 Å². The van der Waals surface area contributed by atoms with Crippen LogP contribution in [-0.2, 0) is 38.3 Å². The van der Waals surface area contributed by atoms with E-state index < -0.39 is 58.7 Å². The minimum atomic E-state index is -0.936. The van der Waals surface area contributed by atoms with E-state index in [-0.39, 0.29) is 55.8 Å². The fraction of sp³-hybridized carbons (Fsp3) is 0.781. The van der Waals surface area contributed by atoms with Gasteiger partial charge in [0.05, 0.1) is 25.0 Å². The van der Waals surface area contributed by atoms with Crippen LogP contribution in [-0.4, -0.2) is 71.2 Å². The first-order valence-electron chi connectivity index (χ1n) is 15.5. The van der Waals surface area contributed by atoms with Gasteiger partial charge in [-0.1, -0.05) is 61.8 Å². The third-order valence-corrected chi connectivity index (χ3v) is 7.76. The highest BCUT2D eigenvalue weighted by molar-refractivity contribution is 6.38.